The minimum atomic E-state index is -0.778. The van der Waals surface area contributed by atoms with E-state index in [1.165, 1.54) is 36.7 Å². The second-order valence-corrected chi connectivity index (χ2v) is 7.73. The minimum absolute atomic E-state index is 0.163. The molecular formula is C24H23N5O2. The van der Waals surface area contributed by atoms with Gasteiger partial charge in [-0.15, -0.1) is 4.73 Å². The first kappa shape index (κ1) is 19.1. The number of fused-ring (bicyclic) bond motifs is 1. The number of nitrogens with one attached hydrogen (secondary N) is 1. The van der Waals surface area contributed by atoms with Crippen molar-refractivity contribution in [3.8, 4) is 11.1 Å². The first-order valence-corrected chi connectivity index (χ1v) is 10.5. The Labute approximate surface area is 179 Å². The molecule has 0 atom stereocenters. The standard InChI is InChI=1S/C24H23N5O2/c30-24-27-22(21-8-5-13-25-23(21)29(24)31)26-19-11-9-17(10-12-19)18-6-4-7-20(16-18)28-14-2-1-3-15-28/h4-13,16,31H,1-3,14-15H2,(H,26,27,30). The molecule has 0 radical (unpaired) electrons. The van der Waals surface area contributed by atoms with Crippen molar-refractivity contribution < 1.29 is 5.21 Å². The van der Waals surface area contributed by atoms with Crippen molar-refractivity contribution >= 4 is 28.2 Å². The highest BCUT2D eigenvalue weighted by Crippen LogP contribution is 2.28. The molecule has 0 bridgehead atoms. The van der Waals surface area contributed by atoms with Crippen LogP contribution in [0.1, 0.15) is 19.3 Å². The molecule has 1 aliphatic heterocycles. The number of anilines is 3. The van der Waals surface area contributed by atoms with E-state index >= 15 is 0 Å². The van der Waals surface area contributed by atoms with Gasteiger partial charge >= 0.3 is 5.69 Å². The topological polar surface area (TPSA) is 83.3 Å². The van der Waals surface area contributed by atoms with Crippen LogP contribution in [-0.2, 0) is 0 Å². The molecular weight excluding hydrogens is 390 g/mol. The molecule has 7 nitrogen and oxygen atoms in total. The molecule has 31 heavy (non-hydrogen) atoms. The second-order valence-electron chi connectivity index (χ2n) is 7.73. The molecule has 7 heteroatoms. The van der Waals surface area contributed by atoms with Crippen molar-refractivity contribution in [1.29, 1.82) is 0 Å². The van der Waals surface area contributed by atoms with Crippen LogP contribution >= 0.6 is 0 Å². The van der Waals surface area contributed by atoms with Gasteiger partial charge in [0, 0.05) is 30.7 Å². The van der Waals surface area contributed by atoms with E-state index in [1.54, 1.807) is 12.1 Å². The molecule has 0 spiro atoms. The van der Waals surface area contributed by atoms with Gasteiger partial charge in [0.25, 0.3) is 0 Å². The van der Waals surface area contributed by atoms with Crippen molar-refractivity contribution in [3.63, 3.8) is 0 Å². The van der Waals surface area contributed by atoms with Crippen LogP contribution in [0.2, 0.25) is 0 Å². The fourth-order valence-electron chi connectivity index (χ4n) is 4.06. The summed E-state index contributed by atoms with van der Waals surface area (Å²) in [7, 11) is 0. The largest absolute Gasteiger partial charge is 0.422 e. The van der Waals surface area contributed by atoms with Gasteiger partial charge in [-0.25, -0.2) is 9.78 Å². The fraction of sp³-hybridized carbons (Fsp3) is 0.208. The summed E-state index contributed by atoms with van der Waals surface area (Å²) in [6, 6.07) is 20.2. The molecule has 5 rings (SSSR count). The maximum Gasteiger partial charge on any atom is 0.384 e. The van der Waals surface area contributed by atoms with Crippen molar-refractivity contribution in [3.05, 3.63) is 77.3 Å². The Morgan fingerprint density at radius 2 is 1.71 bits per heavy atom. The number of aromatic nitrogens is 3. The summed E-state index contributed by atoms with van der Waals surface area (Å²) in [4.78, 5) is 22.4. The van der Waals surface area contributed by atoms with Gasteiger partial charge in [0.15, 0.2) is 5.65 Å². The van der Waals surface area contributed by atoms with E-state index in [-0.39, 0.29) is 5.65 Å². The Morgan fingerprint density at radius 1 is 0.903 bits per heavy atom. The molecule has 1 saturated heterocycles. The van der Waals surface area contributed by atoms with Crippen LogP contribution in [0.25, 0.3) is 22.2 Å². The zero-order valence-electron chi connectivity index (χ0n) is 17.0. The zero-order chi connectivity index (χ0) is 21.2. The van der Waals surface area contributed by atoms with E-state index in [0.29, 0.717) is 15.9 Å². The summed E-state index contributed by atoms with van der Waals surface area (Å²) in [6.45, 7) is 2.24. The van der Waals surface area contributed by atoms with E-state index < -0.39 is 5.69 Å². The number of hydrogen-bond acceptors (Lipinski definition) is 6. The summed E-state index contributed by atoms with van der Waals surface area (Å²) in [5.41, 5.74) is 3.74. The molecule has 3 heterocycles. The van der Waals surface area contributed by atoms with Crippen molar-refractivity contribution in [2.75, 3.05) is 23.3 Å². The number of pyridine rings is 1. The Hall–Kier alpha value is -3.87. The monoisotopic (exact) mass is 413 g/mol. The molecule has 1 aliphatic rings. The lowest BCUT2D eigenvalue weighted by Crippen LogP contribution is -2.29. The number of benzene rings is 2. The molecule has 0 unspecified atom stereocenters. The SMILES string of the molecule is O=c1nc(Nc2ccc(-c3cccc(N4CCCCC4)c3)cc2)c2cccnc2n1O. The van der Waals surface area contributed by atoms with Crippen LogP contribution in [0.5, 0.6) is 0 Å². The highest BCUT2D eigenvalue weighted by atomic mass is 16.5. The first-order valence-electron chi connectivity index (χ1n) is 10.5. The van der Waals surface area contributed by atoms with Crippen LogP contribution in [0.15, 0.2) is 71.7 Å². The molecule has 0 saturated carbocycles. The zero-order valence-corrected chi connectivity index (χ0v) is 17.0. The second kappa shape index (κ2) is 8.10. The maximum atomic E-state index is 12.0. The molecule has 4 aromatic rings. The molecule has 2 aromatic carbocycles. The predicted molar refractivity (Wildman–Crippen MR) is 122 cm³/mol. The molecule has 0 amide bonds. The highest BCUT2D eigenvalue weighted by Gasteiger charge is 2.13. The number of hydrogen-bond donors (Lipinski definition) is 2. The van der Waals surface area contributed by atoms with Crippen LogP contribution in [0, 0.1) is 0 Å². The van der Waals surface area contributed by atoms with Crippen LogP contribution < -0.4 is 15.9 Å². The smallest absolute Gasteiger partial charge is 0.384 e. The third-order valence-electron chi connectivity index (χ3n) is 5.68. The van der Waals surface area contributed by atoms with Crippen molar-refractivity contribution in [2.45, 2.75) is 19.3 Å². The molecule has 0 aliphatic carbocycles. The number of nitrogens with zero attached hydrogens (tertiary/aromatic N) is 4. The molecule has 1 fully saturated rings. The normalized spacial score (nSPS) is 14.0. The third-order valence-corrected chi connectivity index (χ3v) is 5.68. The van der Waals surface area contributed by atoms with E-state index in [2.05, 4.69) is 44.5 Å². The van der Waals surface area contributed by atoms with Crippen molar-refractivity contribution in [2.24, 2.45) is 0 Å². The molecule has 2 N–H and O–H groups in total. The minimum Gasteiger partial charge on any atom is -0.422 e. The predicted octanol–water partition coefficient (Wildman–Crippen LogP) is 4.43. The quantitative estimate of drug-likeness (QED) is 0.482. The van der Waals surface area contributed by atoms with E-state index in [0.717, 1.165) is 24.3 Å². The van der Waals surface area contributed by atoms with Crippen molar-refractivity contribution in [1.82, 2.24) is 14.7 Å². The fourth-order valence-corrected chi connectivity index (χ4v) is 4.06. The lowest BCUT2D eigenvalue weighted by atomic mass is 10.0. The van der Waals surface area contributed by atoms with Gasteiger partial charge in [-0.3, -0.25) is 0 Å². The Morgan fingerprint density at radius 3 is 2.52 bits per heavy atom. The Bertz CT molecular complexity index is 1280. The van der Waals surface area contributed by atoms with Gasteiger partial charge in [0.2, 0.25) is 0 Å². The summed E-state index contributed by atoms with van der Waals surface area (Å²) in [5.74, 6) is 0.359. The summed E-state index contributed by atoms with van der Waals surface area (Å²) in [5, 5.41) is 13.6. The van der Waals surface area contributed by atoms with Gasteiger partial charge < -0.3 is 15.4 Å². The van der Waals surface area contributed by atoms with Gasteiger partial charge in [-0.1, -0.05) is 24.3 Å². The summed E-state index contributed by atoms with van der Waals surface area (Å²) < 4.78 is 0.457. The Kier molecular flexibility index (Phi) is 5.00. The average Bonchev–Trinajstić information content (AvgIpc) is 2.83. The van der Waals surface area contributed by atoms with Crippen LogP contribution in [0.3, 0.4) is 0 Å². The summed E-state index contributed by atoms with van der Waals surface area (Å²) in [6.07, 6.45) is 5.34. The van der Waals surface area contributed by atoms with E-state index in [4.69, 9.17) is 0 Å². The van der Waals surface area contributed by atoms with E-state index in [1.807, 2.05) is 24.3 Å². The van der Waals surface area contributed by atoms with Gasteiger partial charge in [-0.2, -0.15) is 4.98 Å². The van der Waals surface area contributed by atoms with Gasteiger partial charge in [0.05, 0.1) is 5.39 Å². The van der Waals surface area contributed by atoms with E-state index in [9.17, 15) is 10.0 Å². The average molecular weight is 413 g/mol. The maximum absolute atomic E-state index is 12.0. The number of piperidine rings is 1. The Balaban J connectivity index is 1.41. The third kappa shape index (κ3) is 3.82. The van der Waals surface area contributed by atoms with Crippen LogP contribution in [0.4, 0.5) is 17.2 Å². The summed E-state index contributed by atoms with van der Waals surface area (Å²) >= 11 is 0. The lowest BCUT2D eigenvalue weighted by Gasteiger charge is -2.29. The molecule has 2 aromatic heterocycles. The first-order chi connectivity index (χ1) is 15.2. The van der Waals surface area contributed by atoms with Gasteiger partial charge in [-0.05, 0) is 66.8 Å². The lowest BCUT2D eigenvalue weighted by molar-refractivity contribution is 0.182. The number of rotatable bonds is 4. The highest BCUT2D eigenvalue weighted by molar-refractivity contribution is 5.88. The van der Waals surface area contributed by atoms with Crippen LogP contribution in [-0.4, -0.2) is 33.0 Å². The molecule has 156 valence electrons. The van der Waals surface area contributed by atoms with Gasteiger partial charge in [0.1, 0.15) is 5.82 Å².